The molecule has 0 aliphatic rings. The topological polar surface area (TPSA) is 166 Å². The molecule has 0 spiro atoms. The number of ether oxygens (including phenoxy) is 4. The lowest BCUT2D eigenvalue weighted by atomic mass is 10.0. The van der Waals surface area contributed by atoms with E-state index in [1.54, 1.807) is 0 Å². The van der Waals surface area contributed by atoms with Gasteiger partial charge in [-0.05, 0) is 0 Å². The maximum absolute atomic E-state index is 12.6. The normalized spacial score (nSPS) is 13.3. The minimum atomic E-state index is -1.70. The molecule has 0 fully saturated rings. The molecule has 0 radical (unpaired) electrons. The Morgan fingerprint density at radius 3 is 1.72 bits per heavy atom. The Bertz CT molecular complexity index is 988. The maximum Gasteiger partial charge on any atom is 0.342 e. The van der Waals surface area contributed by atoms with Crippen molar-refractivity contribution in [2.24, 2.45) is 0 Å². The van der Waals surface area contributed by atoms with Crippen LogP contribution in [0.3, 0.4) is 0 Å². The highest BCUT2D eigenvalue weighted by Crippen LogP contribution is 2.28. The lowest BCUT2D eigenvalue weighted by Gasteiger charge is -2.31. The third kappa shape index (κ3) is 6.89. The quantitative estimate of drug-likeness (QED) is 0.381. The summed E-state index contributed by atoms with van der Waals surface area (Å²) in [6, 6.07) is 0. The molecule has 3 atom stereocenters. The van der Waals surface area contributed by atoms with E-state index in [0.29, 0.717) is 9.13 Å². The molecule has 32 heavy (non-hydrogen) atoms. The number of nitrogens with zero attached hydrogens (tertiary/aromatic N) is 2. The number of rotatable bonds is 8. The average molecular weight is 456 g/mol. The number of carbonyl (C=O) groups is 6. The zero-order chi connectivity index (χ0) is 24.7. The molecule has 0 bridgehead atoms. The Kier molecular flexibility index (Phi) is 9.05. The summed E-state index contributed by atoms with van der Waals surface area (Å²) in [6.07, 6.45) is -3.92. The number of aromatic nitrogens is 2. The van der Waals surface area contributed by atoms with E-state index >= 15 is 0 Å². The molecule has 1 aromatic rings. The fourth-order valence-corrected chi connectivity index (χ4v) is 2.81. The lowest BCUT2D eigenvalue weighted by Crippen LogP contribution is -2.44. The molecule has 1 heterocycles. The highest BCUT2D eigenvalue weighted by atomic mass is 16.6. The van der Waals surface area contributed by atoms with Crippen LogP contribution in [0.4, 0.5) is 0 Å². The summed E-state index contributed by atoms with van der Waals surface area (Å²) >= 11 is 0. The smallest absolute Gasteiger partial charge is 0.342 e. The molecule has 0 N–H and O–H groups in total. The van der Waals surface area contributed by atoms with E-state index < -0.39 is 66.3 Å². The molecule has 13 nitrogen and oxygen atoms in total. The number of esters is 4. The third-order valence-electron chi connectivity index (χ3n) is 3.89. The molecular weight excluding hydrogens is 432 g/mol. The van der Waals surface area contributed by atoms with Gasteiger partial charge in [-0.2, -0.15) is 0 Å². The first-order valence-electron chi connectivity index (χ1n) is 9.27. The minimum Gasteiger partial charge on any atom is -0.462 e. The van der Waals surface area contributed by atoms with Gasteiger partial charge in [0.15, 0.2) is 18.3 Å². The van der Waals surface area contributed by atoms with Crippen molar-refractivity contribution >= 4 is 35.7 Å². The Morgan fingerprint density at radius 2 is 1.31 bits per heavy atom. The van der Waals surface area contributed by atoms with E-state index in [2.05, 4.69) is 0 Å². The third-order valence-corrected chi connectivity index (χ3v) is 3.89. The largest absolute Gasteiger partial charge is 0.462 e. The van der Waals surface area contributed by atoms with Crippen LogP contribution in [-0.2, 0) is 38.1 Å². The molecule has 176 valence electrons. The summed E-state index contributed by atoms with van der Waals surface area (Å²) in [4.78, 5) is 83.1. The van der Waals surface area contributed by atoms with Crippen molar-refractivity contribution in [2.75, 3.05) is 6.61 Å². The van der Waals surface area contributed by atoms with Crippen LogP contribution in [0.2, 0.25) is 0 Å². The van der Waals surface area contributed by atoms with E-state index in [1.807, 2.05) is 0 Å². The molecule has 0 amide bonds. The summed E-state index contributed by atoms with van der Waals surface area (Å²) in [6.45, 7) is 5.59. The minimum absolute atomic E-state index is 0.334. The van der Waals surface area contributed by atoms with Gasteiger partial charge in [0.2, 0.25) is 11.8 Å². The average Bonchev–Trinajstić information content (AvgIpc) is 2.98. The Morgan fingerprint density at radius 1 is 0.781 bits per heavy atom. The van der Waals surface area contributed by atoms with Crippen LogP contribution >= 0.6 is 0 Å². The van der Waals surface area contributed by atoms with Gasteiger partial charge in [0, 0.05) is 47.7 Å². The van der Waals surface area contributed by atoms with Crippen LogP contribution in [-0.4, -0.2) is 63.6 Å². The van der Waals surface area contributed by atoms with Gasteiger partial charge in [0.1, 0.15) is 6.61 Å². The van der Waals surface area contributed by atoms with Crippen molar-refractivity contribution < 1.29 is 47.7 Å². The number of hydrogen-bond donors (Lipinski definition) is 0. The van der Waals surface area contributed by atoms with Crippen LogP contribution in [0, 0.1) is 0 Å². The summed E-state index contributed by atoms with van der Waals surface area (Å²) < 4.78 is 21.5. The molecule has 1 rings (SSSR count). The molecule has 0 aliphatic heterocycles. The second-order valence-corrected chi connectivity index (χ2v) is 6.63. The van der Waals surface area contributed by atoms with Crippen LogP contribution in [0.25, 0.3) is 0 Å². The van der Waals surface area contributed by atoms with Crippen molar-refractivity contribution in [3.8, 4) is 0 Å². The Balaban J connectivity index is 3.77. The van der Waals surface area contributed by atoms with E-state index in [-0.39, 0.29) is 5.69 Å². The van der Waals surface area contributed by atoms with Crippen LogP contribution < -0.4 is 5.69 Å². The fourth-order valence-electron chi connectivity index (χ4n) is 2.81. The van der Waals surface area contributed by atoms with Gasteiger partial charge in [-0.3, -0.25) is 28.8 Å². The van der Waals surface area contributed by atoms with Crippen molar-refractivity contribution in [2.45, 2.75) is 59.9 Å². The summed E-state index contributed by atoms with van der Waals surface area (Å²) in [5.74, 6) is -5.03. The number of carbonyl (C=O) groups excluding carboxylic acids is 6. The van der Waals surface area contributed by atoms with Gasteiger partial charge in [0.05, 0.1) is 5.69 Å². The first-order valence-corrected chi connectivity index (χ1v) is 9.27. The molecule has 0 saturated heterocycles. The summed E-state index contributed by atoms with van der Waals surface area (Å²) in [7, 11) is 0. The fraction of sp³-hybridized carbons (Fsp3) is 0.526. The molecular formula is C19H24N2O11. The van der Waals surface area contributed by atoms with Gasteiger partial charge in [-0.15, -0.1) is 0 Å². The predicted octanol–water partition coefficient (Wildman–Crippen LogP) is 0.000700. The van der Waals surface area contributed by atoms with E-state index in [1.165, 1.54) is 0 Å². The van der Waals surface area contributed by atoms with Crippen molar-refractivity contribution in [3.05, 3.63) is 22.4 Å². The first kappa shape index (κ1) is 26.3. The molecule has 0 saturated carbocycles. The van der Waals surface area contributed by atoms with E-state index in [4.69, 9.17) is 18.9 Å². The van der Waals surface area contributed by atoms with Gasteiger partial charge >= 0.3 is 29.6 Å². The Labute approximate surface area is 182 Å². The second kappa shape index (κ2) is 11.0. The van der Waals surface area contributed by atoms with E-state index in [9.17, 15) is 33.6 Å². The predicted molar refractivity (Wildman–Crippen MR) is 104 cm³/mol. The Hall–Kier alpha value is -3.77. The number of imidazole rings is 1. The standard InChI is InChI=1S/C19H24N2O11/c1-9(22)20-7-15(21(10(2)23)19(20)28)17(31-13(5)26)18(32-14(6)27)16(30-12(4)25)8-29-11(3)24/h7,16-18H,8H2,1-6H3/t16-,17-,18+/m0/s1. The monoisotopic (exact) mass is 456 g/mol. The van der Waals surface area contributed by atoms with Gasteiger partial charge in [0.25, 0.3) is 0 Å². The van der Waals surface area contributed by atoms with Gasteiger partial charge in [-0.1, -0.05) is 0 Å². The zero-order valence-corrected chi connectivity index (χ0v) is 18.4. The highest BCUT2D eigenvalue weighted by molar-refractivity contribution is 5.80. The maximum atomic E-state index is 12.6. The van der Waals surface area contributed by atoms with Crippen molar-refractivity contribution in [1.82, 2.24) is 9.13 Å². The van der Waals surface area contributed by atoms with Crippen LogP contribution in [0.5, 0.6) is 0 Å². The number of hydrogen-bond acceptors (Lipinski definition) is 11. The summed E-state index contributed by atoms with van der Waals surface area (Å²) in [5.41, 5.74) is -1.39. The molecule has 13 heteroatoms. The van der Waals surface area contributed by atoms with Crippen molar-refractivity contribution in [3.63, 3.8) is 0 Å². The SMILES string of the molecule is CC(=O)OC[C@H](OC(C)=O)[C@@H](OC(C)=O)[C@@H](OC(C)=O)c1cn(C(C)=O)c(=O)n1C(C)=O. The molecule has 0 aliphatic carbocycles. The second-order valence-electron chi connectivity index (χ2n) is 6.63. The molecule has 1 aromatic heterocycles. The summed E-state index contributed by atoms with van der Waals surface area (Å²) in [5, 5.41) is 0. The van der Waals surface area contributed by atoms with E-state index in [0.717, 1.165) is 47.7 Å². The zero-order valence-electron chi connectivity index (χ0n) is 18.4. The van der Waals surface area contributed by atoms with Crippen LogP contribution in [0.1, 0.15) is 62.9 Å². The van der Waals surface area contributed by atoms with Crippen molar-refractivity contribution in [1.29, 1.82) is 0 Å². The molecule has 0 aromatic carbocycles. The first-order chi connectivity index (χ1) is 14.8. The van der Waals surface area contributed by atoms with Gasteiger partial charge < -0.3 is 18.9 Å². The van der Waals surface area contributed by atoms with Crippen LogP contribution in [0.15, 0.2) is 11.0 Å². The highest BCUT2D eigenvalue weighted by Gasteiger charge is 2.42. The molecule has 0 unspecified atom stereocenters. The van der Waals surface area contributed by atoms with Gasteiger partial charge in [-0.25, -0.2) is 13.9 Å². The lowest BCUT2D eigenvalue weighted by molar-refractivity contribution is -0.190.